The fraction of sp³-hybridized carbons (Fsp3) is 0.750. The second-order valence-corrected chi connectivity index (χ2v) is 1.91. The Kier molecular flexibility index (Phi) is 9.53. The molecule has 0 aliphatic heterocycles. The SMILES string of the molecule is Cl.[CH2]C(C)CBr. The van der Waals surface area contributed by atoms with Crippen LogP contribution in [0.5, 0.6) is 0 Å². The fourth-order valence-corrected chi connectivity index (χ4v) is 0. The summed E-state index contributed by atoms with van der Waals surface area (Å²) in [5, 5.41) is 1.01. The number of halogens is 2. The summed E-state index contributed by atoms with van der Waals surface area (Å²) in [6, 6.07) is 0. The lowest BCUT2D eigenvalue weighted by atomic mass is 10.3. The molecular weight excluding hydrogens is 163 g/mol. The van der Waals surface area contributed by atoms with Crippen LogP contribution in [0.15, 0.2) is 0 Å². The fourth-order valence-electron chi connectivity index (χ4n) is 0. The maximum absolute atomic E-state index is 3.71. The second kappa shape index (κ2) is 5.77. The van der Waals surface area contributed by atoms with Gasteiger partial charge in [-0.25, -0.2) is 0 Å². The van der Waals surface area contributed by atoms with Crippen LogP contribution in [0.3, 0.4) is 0 Å². The molecule has 0 nitrogen and oxygen atoms in total. The predicted octanol–water partition coefficient (Wildman–Crippen LogP) is 2.27. The molecule has 1 atom stereocenters. The van der Waals surface area contributed by atoms with Gasteiger partial charge in [0.15, 0.2) is 0 Å². The summed E-state index contributed by atoms with van der Waals surface area (Å²) in [5.41, 5.74) is 0. The summed E-state index contributed by atoms with van der Waals surface area (Å²) in [5.74, 6) is 0.551. The highest BCUT2D eigenvalue weighted by Gasteiger charge is 1.82. The highest BCUT2D eigenvalue weighted by atomic mass is 79.9. The van der Waals surface area contributed by atoms with Crippen molar-refractivity contribution in [3.8, 4) is 0 Å². The molecule has 0 aromatic rings. The molecule has 1 unspecified atom stereocenters. The van der Waals surface area contributed by atoms with Crippen molar-refractivity contribution >= 4 is 28.3 Å². The molecule has 0 aromatic carbocycles. The number of alkyl halides is 1. The van der Waals surface area contributed by atoms with Crippen LogP contribution in [0.2, 0.25) is 0 Å². The lowest BCUT2D eigenvalue weighted by molar-refractivity contribution is 0.850. The molecule has 0 amide bonds. The van der Waals surface area contributed by atoms with Gasteiger partial charge >= 0.3 is 0 Å². The zero-order chi connectivity index (χ0) is 4.28. The van der Waals surface area contributed by atoms with E-state index in [2.05, 4.69) is 29.8 Å². The van der Waals surface area contributed by atoms with Crippen LogP contribution in [0.4, 0.5) is 0 Å². The van der Waals surface area contributed by atoms with E-state index in [1.165, 1.54) is 0 Å². The first kappa shape index (κ1) is 9.91. The lowest BCUT2D eigenvalue weighted by Gasteiger charge is -1.88. The topological polar surface area (TPSA) is 0 Å². The molecule has 6 heavy (non-hydrogen) atoms. The van der Waals surface area contributed by atoms with E-state index in [0.29, 0.717) is 5.92 Å². The van der Waals surface area contributed by atoms with E-state index in [1.807, 2.05) is 0 Å². The number of rotatable bonds is 1. The molecule has 39 valence electrons. The molecule has 0 saturated carbocycles. The van der Waals surface area contributed by atoms with E-state index >= 15 is 0 Å². The number of hydrogen-bond acceptors (Lipinski definition) is 0. The van der Waals surface area contributed by atoms with Crippen LogP contribution >= 0.6 is 28.3 Å². The van der Waals surface area contributed by atoms with Gasteiger partial charge in [-0.15, -0.1) is 12.4 Å². The van der Waals surface area contributed by atoms with E-state index in [0.717, 1.165) is 5.33 Å². The average molecular weight is 172 g/mol. The molecule has 0 aliphatic carbocycles. The maximum Gasteiger partial charge on any atom is 0.00570 e. The van der Waals surface area contributed by atoms with Gasteiger partial charge in [0, 0.05) is 5.33 Å². The molecule has 0 aliphatic rings. The zero-order valence-electron chi connectivity index (χ0n) is 3.78. The first-order chi connectivity index (χ1) is 2.27. The Hall–Kier alpha value is 0.770. The molecule has 2 heteroatoms. The van der Waals surface area contributed by atoms with Gasteiger partial charge < -0.3 is 0 Å². The van der Waals surface area contributed by atoms with Gasteiger partial charge in [-0.2, -0.15) is 0 Å². The molecular formula is C4H9BrCl. The van der Waals surface area contributed by atoms with Crippen molar-refractivity contribution in [2.24, 2.45) is 5.92 Å². The first-order valence-corrected chi connectivity index (χ1v) is 2.78. The quantitative estimate of drug-likeness (QED) is 0.533. The van der Waals surface area contributed by atoms with Crippen molar-refractivity contribution < 1.29 is 0 Å². The predicted molar refractivity (Wildman–Crippen MR) is 35.6 cm³/mol. The molecule has 1 radical (unpaired) electrons. The lowest BCUT2D eigenvalue weighted by Crippen LogP contribution is -1.83. The van der Waals surface area contributed by atoms with Gasteiger partial charge in [0.05, 0.1) is 0 Å². The smallest absolute Gasteiger partial charge is 0.00570 e. The first-order valence-electron chi connectivity index (χ1n) is 1.66. The van der Waals surface area contributed by atoms with E-state index in [4.69, 9.17) is 0 Å². The monoisotopic (exact) mass is 171 g/mol. The van der Waals surface area contributed by atoms with Gasteiger partial charge in [0.25, 0.3) is 0 Å². The maximum atomic E-state index is 3.71. The third kappa shape index (κ3) is 8.84. The van der Waals surface area contributed by atoms with Crippen molar-refractivity contribution in [2.45, 2.75) is 6.92 Å². The van der Waals surface area contributed by atoms with Crippen LogP contribution in [-0.2, 0) is 0 Å². The Morgan fingerprint density at radius 1 is 1.83 bits per heavy atom. The summed E-state index contributed by atoms with van der Waals surface area (Å²) < 4.78 is 0. The largest absolute Gasteiger partial charge is 0.147 e. The minimum Gasteiger partial charge on any atom is -0.147 e. The van der Waals surface area contributed by atoms with Crippen LogP contribution < -0.4 is 0 Å². The van der Waals surface area contributed by atoms with E-state index < -0.39 is 0 Å². The molecule has 0 spiro atoms. The Balaban J connectivity index is 0. The zero-order valence-corrected chi connectivity index (χ0v) is 6.18. The van der Waals surface area contributed by atoms with Gasteiger partial charge in [-0.05, 0) is 12.8 Å². The van der Waals surface area contributed by atoms with Crippen LogP contribution in [0, 0.1) is 12.8 Å². The van der Waals surface area contributed by atoms with Gasteiger partial charge in [-0.3, -0.25) is 0 Å². The van der Waals surface area contributed by atoms with E-state index in [-0.39, 0.29) is 12.4 Å². The van der Waals surface area contributed by atoms with Gasteiger partial charge in [0.1, 0.15) is 0 Å². The minimum atomic E-state index is 0. The highest BCUT2D eigenvalue weighted by molar-refractivity contribution is 9.09. The molecule has 0 saturated heterocycles. The molecule has 0 fully saturated rings. The summed E-state index contributed by atoms with van der Waals surface area (Å²) in [6.45, 7) is 5.77. The van der Waals surface area contributed by atoms with E-state index in [1.54, 1.807) is 0 Å². The Bertz CT molecular complexity index is 21.5. The minimum absolute atomic E-state index is 0. The third-order valence-electron chi connectivity index (χ3n) is 0.263. The molecule has 0 aromatic heterocycles. The van der Waals surface area contributed by atoms with Crippen LogP contribution in [0.25, 0.3) is 0 Å². The normalized spacial score (nSPS) is 8.00. The van der Waals surface area contributed by atoms with Crippen LogP contribution in [0.1, 0.15) is 6.92 Å². The summed E-state index contributed by atoms with van der Waals surface area (Å²) >= 11 is 3.25. The van der Waals surface area contributed by atoms with Gasteiger partial charge in [0.2, 0.25) is 0 Å². The van der Waals surface area contributed by atoms with Crippen molar-refractivity contribution in [1.82, 2.24) is 0 Å². The highest BCUT2D eigenvalue weighted by Crippen LogP contribution is 1.93. The van der Waals surface area contributed by atoms with Crippen molar-refractivity contribution in [3.63, 3.8) is 0 Å². The molecule has 0 N–H and O–H groups in total. The van der Waals surface area contributed by atoms with Gasteiger partial charge in [-0.1, -0.05) is 22.9 Å². The van der Waals surface area contributed by atoms with Crippen molar-refractivity contribution in [3.05, 3.63) is 6.92 Å². The Morgan fingerprint density at radius 2 is 2.00 bits per heavy atom. The second-order valence-electron chi connectivity index (χ2n) is 1.26. The van der Waals surface area contributed by atoms with Crippen LogP contribution in [-0.4, -0.2) is 5.33 Å². The van der Waals surface area contributed by atoms with E-state index in [9.17, 15) is 0 Å². The number of hydrogen-bond donors (Lipinski definition) is 0. The summed E-state index contributed by atoms with van der Waals surface area (Å²) in [7, 11) is 0. The van der Waals surface area contributed by atoms with Crippen molar-refractivity contribution in [1.29, 1.82) is 0 Å². The standard InChI is InChI=1S/C4H8Br.ClH/c1-4(2)3-5;/h4H,1,3H2,2H3;1H. The Labute approximate surface area is 53.9 Å². The molecule has 0 heterocycles. The molecule has 0 rings (SSSR count). The Morgan fingerprint density at radius 3 is 2.00 bits per heavy atom. The average Bonchev–Trinajstić information content (AvgIpc) is 1.38. The molecule has 0 bridgehead atoms. The van der Waals surface area contributed by atoms with Crippen molar-refractivity contribution in [2.75, 3.05) is 5.33 Å². The summed E-state index contributed by atoms with van der Waals surface area (Å²) in [4.78, 5) is 0. The summed E-state index contributed by atoms with van der Waals surface area (Å²) in [6.07, 6.45) is 0. The third-order valence-corrected chi connectivity index (χ3v) is 1.37.